The maximum Gasteiger partial charge on any atom is 0.264 e. The highest BCUT2D eigenvalue weighted by Crippen LogP contribution is 2.27. The number of carbonyl (C=O) groups is 2. The summed E-state index contributed by atoms with van der Waals surface area (Å²) in [4.78, 5) is 29.6. The fraction of sp³-hybridized carbons (Fsp3) is 0.278. The van der Waals surface area contributed by atoms with E-state index in [0.29, 0.717) is 12.2 Å². The molecule has 4 aromatic carbocycles. The van der Waals surface area contributed by atoms with Gasteiger partial charge in [0.05, 0.1) is 17.7 Å². The molecule has 2 atom stereocenters. The van der Waals surface area contributed by atoms with Crippen LogP contribution in [-0.2, 0) is 32.6 Å². The lowest BCUT2D eigenvalue weighted by Crippen LogP contribution is -2.54. The highest BCUT2D eigenvalue weighted by Gasteiger charge is 2.35. The lowest BCUT2D eigenvalue weighted by Gasteiger charge is -2.34. The van der Waals surface area contributed by atoms with Gasteiger partial charge in [-0.3, -0.25) is 13.9 Å². The highest BCUT2D eigenvalue weighted by molar-refractivity contribution is 7.92. The third kappa shape index (κ3) is 8.51. The van der Waals surface area contributed by atoms with Gasteiger partial charge in [-0.15, -0.1) is 0 Å². The Morgan fingerprint density at radius 1 is 0.891 bits per heavy atom. The minimum Gasteiger partial charge on any atom is -0.497 e. The number of hydrogen-bond donors (Lipinski definition) is 1. The summed E-state index contributed by atoms with van der Waals surface area (Å²) in [6.45, 7) is 4.75. The first kappa shape index (κ1) is 34.2. The number of halogens is 1. The van der Waals surface area contributed by atoms with Crippen LogP contribution in [-0.4, -0.2) is 50.9 Å². The number of benzene rings is 4. The van der Waals surface area contributed by atoms with Gasteiger partial charge >= 0.3 is 0 Å². The summed E-state index contributed by atoms with van der Waals surface area (Å²) in [5.74, 6) is -1.12. The molecule has 0 aliphatic heterocycles. The van der Waals surface area contributed by atoms with Crippen molar-refractivity contribution in [1.82, 2.24) is 10.2 Å². The summed E-state index contributed by atoms with van der Waals surface area (Å²) in [6.07, 6.45) is 0.793. The van der Waals surface area contributed by atoms with Crippen LogP contribution in [0.15, 0.2) is 108 Å². The third-order valence-corrected chi connectivity index (χ3v) is 9.61. The molecule has 0 saturated carbocycles. The molecular formula is C36H40FN3O5S. The smallest absolute Gasteiger partial charge is 0.264 e. The van der Waals surface area contributed by atoms with Crippen molar-refractivity contribution in [2.45, 2.75) is 57.1 Å². The van der Waals surface area contributed by atoms with Crippen LogP contribution < -0.4 is 14.4 Å². The van der Waals surface area contributed by atoms with Gasteiger partial charge in [0.25, 0.3) is 10.0 Å². The molecule has 0 heterocycles. The summed E-state index contributed by atoms with van der Waals surface area (Å²) >= 11 is 0. The van der Waals surface area contributed by atoms with Crippen molar-refractivity contribution in [2.75, 3.05) is 18.0 Å². The van der Waals surface area contributed by atoms with Gasteiger partial charge in [0.15, 0.2) is 0 Å². The molecule has 8 nitrogen and oxygen atoms in total. The van der Waals surface area contributed by atoms with E-state index in [1.807, 2.05) is 51.1 Å². The molecule has 0 bridgehead atoms. The first-order valence-corrected chi connectivity index (χ1v) is 16.6. The number of hydrogen-bond acceptors (Lipinski definition) is 5. The van der Waals surface area contributed by atoms with Crippen LogP contribution in [0.3, 0.4) is 0 Å². The molecule has 242 valence electrons. The van der Waals surface area contributed by atoms with Crippen molar-refractivity contribution in [1.29, 1.82) is 0 Å². The zero-order valence-electron chi connectivity index (χ0n) is 26.5. The molecular weight excluding hydrogens is 605 g/mol. The molecule has 4 rings (SSSR count). The molecule has 0 aromatic heterocycles. The number of carbonyl (C=O) groups excluding carboxylic acids is 2. The van der Waals surface area contributed by atoms with Crippen molar-refractivity contribution in [3.05, 3.63) is 126 Å². The number of anilines is 1. The summed E-state index contributed by atoms with van der Waals surface area (Å²) in [7, 11) is -2.76. The molecule has 0 aliphatic carbocycles. The molecule has 1 N–H and O–H groups in total. The van der Waals surface area contributed by atoms with Gasteiger partial charge in [-0.2, -0.15) is 0 Å². The maximum atomic E-state index is 15.1. The van der Waals surface area contributed by atoms with Crippen molar-refractivity contribution in [3.63, 3.8) is 0 Å². The van der Waals surface area contributed by atoms with Crippen LogP contribution in [0.2, 0.25) is 0 Å². The van der Waals surface area contributed by atoms with Gasteiger partial charge in [0.1, 0.15) is 24.2 Å². The van der Waals surface area contributed by atoms with E-state index in [2.05, 4.69) is 5.32 Å². The van der Waals surface area contributed by atoms with Crippen molar-refractivity contribution in [2.24, 2.45) is 0 Å². The number of nitrogens with one attached hydrogen (secondary N) is 1. The standard InChI is InChI=1S/C36H40FN3O5S/c1-5-27(3)38-36(42)34(23-28-11-7-6-8-12-28)39(24-29-13-9-10-14-33(29)37)35(41)25-40(30-17-19-31(45-4)20-18-30)46(43,44)32-21-15-26(2)16-22-32/h6-22,27,34H,5,23-25H2,1-4H3,(H,38,42)/t27-,34+/m0/s1. The first-order valence-electron chi connectivity index (χ1n) is 15.1. The average molecular weight is 646 g/mol. The zero-order chi connectivity index (χ0) is 33.3. The molecule has 2 amide bonds. The molecule has 0 fully saturated rings. The Morgan fingerprint density at radius 2 is 1.52 bits per heavy atom. The molecule has 46 heavy (non-hydrogen) atoms. The van der Waals surface area contributed by atoms with E-state index in [4.69, 9.17) is 4.74 Å². The molecule has 10 heteroatoms. The zero-order valence-corrected chi connectivity index (χ0v) is 27.3. The number of ether oxygens (including phenoxy) is 1. The van der Waals surface area contributed by atoms with E-state index in [0.717, 1.165) is 15.4 Å². The average Bonchev–Trinajstić information content (AvgIpc) is 3.06. The molecule has 0 spiro atoms. The second-order valence-corrected chi connectivity index (χ2v) is 13.0. The number of sulfonamides is 1. The topological polar surface area (TPSA) is 96.0 Å². The van der Waals surface area contributed by atoms with E-state index in [-0.39, 0.29) is 35.2 Å². The van der Waals surface area contributed by atoms with Crippen molar-refractivity contribution < 1.29 is 27.1 Å². The highest BCUT2D eigenvalue weighted by atomic mass is 32.2. The minimum atomic E-state index is -4.26. The monoisotopic (exact) mass is 645 g/mol. The number of aryl methyl sites for hydroxylation is 1. The largest absolute Gasteiger partial charge is 0.497 e. The number of rotatable bonds is 14. The van der Waals surface area contributed by atoms with Gasteiger partial charge in [0, 0.05) is 24.6 Å². The molecule has 0 unspecified atom stereocenters. The maximum absolute atomic E-state index is 15.1. The number of nitrogens with zero attached hydrogens (tertiary/aromatic N) is 2. The first-order chi connectivity index (χ1) is 22.0. The SMILES string of the molecule is CC[C@H](C)NC(=O)[C@@H](Cc1ccccc1)N(Cc1ccccc1F)C(=O)CN(c1ccc(OC)cc1)S(=O)(=O)c1ccc(C)cc1. The van der Waals surface area contributed by atoms with E-state index in [1.165, 1.54) is 30.2 Å². The number of amides is 2. The van der Waals surface area contributed by atoms with Gasteiger partial charge in [-0.25, -0.2) is 12.8 Å². The Balaban J connectivity index is 1.82. The molecule has 0 saturated heterocycles. The quantitative estimate of drug-likeness (QED) is 0.185. The van der Waals surface area contributed by atoms with Crippen LogP contribution in [0.4, 0.5) is 10.1 Å². The summed E-state index contributed by atoms with van der Waals surface area (Å²) in [5, 5.41) is 2.97. The van der Waals surface area contributed by atoms with Crippen LogP contribution in [0.1, 0.15) is 37.0 Å². The van der Waals surface area contributed by atoms with Crippen LogP contribution in [0.25, 0.3) is 0 Å². The van der Waals surface area contributed by atoms with Crippen molar-refractivity contribution in [3.8, 4) is 5.75 Å². The van der Waals surface area contributed by atoms with Gasteiger partial charge < -0.3 is 15.0 Å². The lowest BCUT2D eigenvalue weighted by molar-refractivity contribution is -0.140. The summed E-state index contributed by atoms with van der Waals surface area (Å²) < 4.78 is 49.6. The van der Waals surface area contributed by atoms with Gasteiger partial charge in [-0.1, -0.05) is 73.2 Å². The van der Waals surface area contributed by atoms with Gasteiger partial charge in [-0.05, 0) is 68.3 Å². The van der Waals surface area contributed by atoms with E-state index >= 15 is 4.39 Å². The molecule has 0 aliphatic rings. The lowest BCUT2D eigenvalue weighted by atomic mass is 10.0. The Kier molecular flexibility index (Phi) is 11.5. The molecule has 0 radical (unpaired) electrons. The van der Waals surface area contributed by atoms with Gasteiger partial charge in [0.2, 0.25) is 11.8 Å². The second kappa shape index (κ2) is 15.5. The fourth-order valence-electron chi connectivity index (χ4n) is 4.92. The number of methoxy groups -OCH3 is 1. The van der Waals surface area contributed by atoms with Crippen LogP contribution in [0, 0.1) is 12.7 Å². The van der Waals surface area contributed by atoms with E-state index in [9.17, 15) is 18.0 Å². The second-order valence-electron chi connectivity index (χ2n) is 11.2. The van der Waals surface area contributed by atoms with Crippen LogP contribution in [0.5, 0.6) is 5.75 Å². The normalized spacial score (nSPS) is 12.5. The molecule has 4 aromatic rings. The van der Waals surface area contributed by atoms with Crippen molar-refractivity contribution >= 4 is 27.5 Å². The Bertz CT molecular complexity index is 1720. The fourth-order valence-corrected chi connectivity index (χ4v) is 6.33. The Morgan fingerprint density at radius 3 is 2.13 bits per heavy atom. The summed E-state index contributed by atoms with van der Waals surface area (Å²) in [5.41, 5.74) is 2.09. The van der Waals surface area contributed by atoms with E-state index in [1.54, 1.807) is 54.6 Å². The Labute approximate surface area is 270 Å². The Hall–Kier alpha value is -4.70. The third-order valence-electron chi connectivity index (χ3n) is 7.82. The minimum absolute atomic E-state index is 0.00211. The summed E-state index contributed by atoms with van der Waals surface area (Å²) in [6, 6.07) is 26.6. The predicted molar refractivity (Wildman–Crippen MR) is 177 cm³/mol. The predicted octanol–water partition coefficient (Wildman–Crippen LogP) is 5.89. The van der Waals surface area contributed by atoms with Crippen LogP contribution >= 0.6 is 0 Å². The van der Waals surface area contributed by atoms with E-state index < -0.39 is 40.2 Å².